The van der Waals surface area contributed by atoms with Crippen LogP contribution in [0.15, 0.2) is 42.5 Å². The van der Waals surface area contributed by atoms with Gasteiger partial charge in [0.05, 0.1) is 15.7 Å². The van der Waals surface area contributed by atoms with Gasteiger partial charge in [0.1, 0.15) is 0 Å². The number of hydrogen-bond acceptors (Lipinski definition) is 2. The van der Waals surface area contributed by atoms with Crippen molar-refractivity contribution in [1.29, 1.82) is 0 Å². The molecule has 0 aliphatic carbocycles. The van der Waals surface area contributed by atoms with Crippen LogP contribution >= 0.6 is 23.2 Å². The Bertz CT molecular complexity index is 698. The number of para-hydroxylation sites is 2. The fourth-order valence-electron chi connectivity index (χ4n) is 2.90. The second kappa shape index (κ2) is 7.24. The van der Waals surface area contributed by atoms with Gasteiger partial charge >= 0.3 is 0 Å². The van der Waals surface area contributed by atoms with E-state index in [1.165, 1.54) is 11.3 Å². The van der Waals surface area contributed by atoms with Crippen LogP contribution in [0.3, 0.4) is 0 Å². The molecule has 0 fully saturated rings. The number of aryl methyl sites for hydroxylation is 1. The lowest BCUT2D eigenvalue weighted by Gasteiger charge is -2.31. The van der Waals surface area contributed by atoms with Crippen LogP contribution in [0, 0.1) is 0 Å². The van der Waals surface area contributed by atoms with Gasteiger partial charge < -0.3 is 10.2 Å². The number of carbonyl (C=O) groups is 1. The third kappa shape index (κ3) is 3.80. The lowest BCUT2D eigenvalue weighted by atomic mass is 10.0. The van der Waals surface area contributed by atoms with Gasteiger partial charge in [-0.05, 0) is 36.6 Å². The van der Waals surface area contributed by atoms with Crippen molar-refractivity contribution in [2.75, 3.05) is 23.3 Å². The Kier molecular flexibility index (Phi) is 5.09. The highest BCUT2D eigenvalue weighted by atomic mass is 35.5. The highest BCUT2D eigenvalue weighted by molar-refractivity contribution is 6.39. The van der Waals surface area contributed by atoms with Gasteiger partial charge in [0.25, 0.3) is 0 Å². The highest BCUT2D eigenvalue weighted by Gasteiger charge is 2.17. The molecule has 5 heteroatoms. The van der Waals surface area contributed by atoms with E-state index in [1.807, 2.05) is 6.07 Å². The first-order valence-corrected chi connectivity index (χ1v) is 8.47. The van der Waals surface area contributed by atoms with Gasteiger partial charge in [0, 0.05) is 25.2 Å². The quantitative estimate of drug-likeness (QED) is 0.862. The maximum atomic E-state index is 12.2. The first-order chi connectivity index (χ1) is 11.1. The highest BCUT2D eigenvalue weighted by Crippen LogP contribution is 2.30. The summed E-state index contributed by atoms with van der Waals surface area (Å²) in [5.74, 6) is -0.0805. The molecule has 3 nitrogen and oxygen atoms in total. The molecule has 0 atom stereocenters. The number of anilines is 2. The van der Waals surface area contributed by atoms with Crippen LogP contribution < -0.4 is 10.2 Å². The first kappa shape index (κ1) is 16.2. The fraction of sp³-hybridized carbons (Fsp3) is 0.278. The third-order valence-corrected chi connectivity index (χ3v) is 4.67. The number of fused-ring (bicyclic) bond motifs is 1. The van der Waals surface area contributed by atoms with Gasteiger partial charge in [-0.25, -0.2) is 0 Å². The molecule has 0 bridgehead atoms. The predicted molar refractivity (Wildman–Crippen MR) is 96.7 cm³/mol. The molecule has 2 aromatic carbocycles. The number of benzene rings is 2. The Morgan fingerprint density at radius 3 is 2.61 bits per heavy atom. The van der Waals surface area contributed by atoms with Crippen LogP contribution in [0.4, 0.5) is 11.4 Å². The molecular formula is C18H18Cl2N2O. The minimum Gasteiger partial charge on any atom is -0.371 e. The van der Waals surface area contributed by atoms with Crippen LogP contribution in [0.5, 0.6) is 0 Å². The average molecular weight is 349 g/mol. The summed E-state index contributed by atoms with van der Waals surface area (Å²) in [6, 6.07) is 13.6. The minimum absolute atomic E-state index is 0.0805. The molecule has 1 aliphatic rings. The van der Waals surface area contributed by atoms with Crippen molar-refractivity contribution >= 4 is 40.5 Å². The van der Waals surface area contributed by atoms with Crippen LogP contribution in [-0.2, 0) is 11.2 Å². The van der Waals surface area contributed by atoms with Gasteiger partial charge in [0.2, 0.25) is 5.91 Å². The zero-order chi connectivity index (χ0) is 16.2. The molecular weight excluding hydrogens is 331 g/mol. The monoisotopic (exact) mass is 348 g/mol. The number of rotatable bonds is 4. The summed E-state index contributed by atoms with van der Waals surface area (Å²) in [7, 11) is 0. The molecule has 2 aromatic rings. The molecule has 0 aromatic heterocycles. The summed E-state index contributed by atoms with van der Waals surface area (Å²) in [4.78, 5) is 14.5. The van der Waals surface area contributed by atoms with Crippen molar-refractivity contribution in [3.05, 3.63) is 58.1 Å². The van der Waals surface area contributed by atoms with Crippen LogP contribution in [0.25, 0.3) is 0 Å². The molecule has 0 spiro atoms. The fourth-order valence-corrected chi connectivity index (χ4v) is 3.39. The summed E-state index contributed by atoms with van der Waals surface area (Å²) in [5.41, 5.74) is 3.08. The molecule has 3 rings (SSSR count). The smallest absolute Gasteiger partial charge is 0.226 e. The standard InChI is InChI=1S/C18H18Cl2N2O/c19-14-7-3-8-15(20)18(14)21-17(23)10-12-22-11-4-6-13-5-1-2-9-16(13)22/h1-3,5,7-9H,4,6,10-12H2,(H,21,23). The van der Waals surface area contributed by atoms with Crippen molar-refractivity contribution in [2.45, 2.75) is 19.3 Å². The van der Waals surface area contributed by atoms with Crippen LogP contribution in [-0.4, -0.2) is 19.0 Å². The lowest BCUT2D eigenvalue weighted by molar-refractivity contribution is -0.116. The van der Waals surface area contributed by atoms with Crippen molar-refractivity contribution in [1.82, 2.24) is 0 Å². The number of amides is 1. The Morgan fingerprint density at radius 1 is 1.09 bits per heavy atom. The van der Waals surface area contributed by atoms with Crippen LogP contribution in [0.1, 0.15) is 18.4 Å². The largest absolute Gasteiger partial charge is 0.371 e. The van der Waals surface area contributed by atoms with E-state index >= 15 is 0 Å². The summed E-state index contributed by atoms with van der Waals surface area (Å²) >= 11 is 12.2. The summed E-state index contributed by atoms with van der Waals surface area (Å²) < 4.78 is 0. The summed E-state index contributed by atoms with van der Waals surface area (Å²) in [6.45, 7) is 1.67. The zero-order valence-corrected chi connectivity index (χ0v) is 14.2. The van der Waals surface area contributed by atoms with Gasteiger partial charge in [-0.3, -0.25) is 4.79 Å². The van der Waals surface area contributed by atoms with E-state index < -0.39 is 0 Å². The van der Waals surface area contributed by atoms with E-state index in [-0.39, 0.29) is 5.91 Å². The summed E-state index contributed by atoms with van der Waals surface area (Å²) in [6.07, 6.45) is 2.62. The Labute approximate surface area is 146 Å². The Hall–Kier alpha value is -1.71. The zero-order valence-electron chi connectivity index (χ0n) is 12.7. The van der Waals surface area contributed by atoms with Crippen molar-refractivity contribution < 1.29 is 4.79 Å². The van der Waals surface area contributed by atoms with E-state index in [0.717, 1.165) is 19.4 Å². The SMILES string of the molecule is O=C(CCN1CCCc2ccccc21)Nc1c(Cl)cccc1Cl. The minimum atomic E-state index is -0.0805. The normalized spacial score (nSPS) is 13.6. The van der Waals surface area contributed by atoms with Crippen LogP contribution in [0.2, 0.25) is 10.0 Å². The van der Waals surface area contributed by atoms with Gasteiger partial charge in [-0.1, -0.05) is 47.5 Å². The van der Waals surface area contributed by atoms with Crippen molar-refractivity contribution in [3.8, 4) is 0 Å². The number of nitrogens with zero attached hydrogens (tertiary/aromatic N) is 1. The topological polar surface area (TPSA) is 32.3 Å². The van der Waals surface area contributed by atoms with E-state index in [4.69, 9.17) is 23.2 Å². The molecule has 120 valence electrons. The second-order valence-corrected chi connectivity index (χ2v) is 6.43. The molecule has 0 saturated carbocycles. The Balaban J connectivity index is 1.62. The van der Waals surface area contributed by atoms with Crippen molar-refractivity contribution in [2.24, 2.45) is 0 Å². The number of nitrogens with one attached hydrogen (secondary N) is 1. The molecule has 1 amide bonds. The molecule has 1 N–H and O–H groups in total. The number of halogens is 2. The predicted octanol–water partition coefficient (Wildman–Crippen LogP) is 4.77. The molecule has 1 aliphatic heterocycles. The number of carbonyl (C=O) groups excluding carboxylic acids is 1. The van der Waals surface area contributed by atoms with Gasteiger partial charge in [-0.15, -0.1) is 0 Å². The summed E-state index contributed by atoms with van der Waals surface area (Å²) in [5, 5.41) is 3.72. The van der Waals surface area contributed by atoms with E-state index in [0.29, 0.717) is 28.7 Å². The van der Waals surface area contributed by atoms with Crippen molar-refractivity contribution in [3.63, 3.8) is 0 Å². The lowest BCUT2D eigenvalue weighted by Crippen LogP contribution is -2.32. The maximum Gasteiger partial charge on any atom is 0.226 e. The second-order valence-electron chi connectivity index (χ2n) is 5.61. The molecule has 0 unspecified atom stereocenters. The van der Waals surface area contributed by atoms with E-state index in [1.54, 1.807) is 18.2 Å². The molecule has 23 heavy (non-hydrogen) atoms. The first-order valence-electron chi connectivity index (χ1n) is 7.72. The van der Waals surface area contributed by atoms with E-state index in [2.05, 4.69) is 28.4 Å². The third-order valence-electron chi connectivity index (χ3n) is 4.04. The van der Waals surface area contributed by atoms with Gasteiger partial charge in [0.15, 0.2) is 0 Å². The molecule has 0 saturated heterocycles. The average Bonchev–Trinajstić information content (AvgIpc) is 2.56. The number of hydrogen-bond donors (Lipinski definition) is 1. The van der Waals surface area contributed by atoms with Gasteiger partial charge in [-0.2, -0.15) is 0 Å². The Morgan fingerprint density at radius 2 is 1.83 bits per heavy atom. The molecule has 0 radical (unpaired) electrons. The maximum absolute atomic E-state index is 12.2. The van der Waals surface area contributed by atoms with E-state index in [9.17, 15) is 4.79 Å². The molecule has 1 heterocycles.